The minimum atomic E-state index is -0.114. The van der Waals surface area contributed by atoms with E-state index in [2.05, 4.69) is 10.3 Å². The van der Waals surface area contributed by atoms with Gasteiger partial charge in [0.1, 0.15) is 24.7 Å². The molecule has 2 aromatic rings. The third-order valence-electron chi connectivity index (χ3n) is 5.47. The molecule has 2 aliphatic heterocycles. The zero-order valence-corrected chi connectivity index (χ0v) is 18.0. The van der Waals surface area contributed by atoms with E-state index in [-0.39, 0.29) is 18.6 Å². The van der Waals surface area contributed by atoms with Crippen LogP contribution in [0.15, 0.2) is 46.7 Å². The molecule has 0 radical (unpaired) electrons. The molecular formula is C23H27N3O5. The number of hydrogen-bond acceptors (Lipinski definition) is 7. The molecule has 164 valence electrons. The summed E-state index contributed by atoms with van der Waals surface area (Å²) in [6, 6.07) is 6.08. The van der Waals surface area contributed by atoms with E-state index in [1.54, 1.807) is 18.2 Å². The fourth-order valence-corrected chi connectivity index (χ4v) is 3.90. The molecule has 0 bridgehead atoms. The van der Waals surface area contributed by atoms with Gasteiger partial charge in [-0.1, -0.05) is 6.08 Å². The molecule has 8 nitrogen and oxygen atoms in total. The van der Waals surface area contributed by atoms with Crippen molar-refractivity contribution in [2.24, 2.45) is 0 Å². The number of amides is 1. The van der Waals surface area contributed by atoms with Crippen molar-refractivity contribution in [3.05, 3.63) is 53.6 Å². The van der Waals surface area contributed by atoms with Gasteiger partial charge in [-0.3, -0.25) is 4.79 Å². The van der Waals surface area contributed by atoms with E-state index in [1.807, 2.05) is 37.3 Å². The number of rotatable bonds is 7. The number of aromatic nitrogens is 1. The quantitative estimate of drug-likeness (QED) is 0.716. The van der Waals surface area contributed by atoms with Crippen LogP contribution in [0, 0.1) is 0 Å². The van der Waals surface area contributed by atoms with Gasteiger partial charge in [0.25, 0.3) is 6.01 Å². The molecule has 31 heavy (non-hydrogen) atoms. The van der Waals surface area contributed by atoms with Crippen LogP contribution in [0.3, 0.4) is 0 Å². The molecule has 1 saturated heterocycles. The molecular weight excluding hydrogens is 398 g/mol. The van der Waals surface area contributed by atoms with E-state index >= 15 is 0 Å². The van der Waals surface area contributed by atoms with Crippen LogP contribution in [0.4, 0.5) is 11.7 Å². The number of hydrogen-bond donors (Lipinski definition) is 1. The van der Waals surface area contributed by atoms with E-state index in [0.717, 1.165) is 41.2 Å². The summed E-state index contributed by atoms with van der Waals surface area (Å²) in [6.45, 7) is 3.21. The average molecular weight is 425 g/mol. The average Bonchev–Trinajstić information content (AvgIpc) is 3.44. The predicted molar refractivity (Wildman–Crippen MR) is 116 cm³/mol. The maximum atomic E-state index is 12.3. The summed E-state index contributed by atoms with van der Waals surface area (Å²) in [5.41, 5.74) is 2.81. The number of benzene rings is 1. The number of oxazole rings is 1. The summed E-state index contributed by atoms with van der Waals surface area (Å²) in [4.78, 5) is 18.4. The minimum Gasteiger partial charge on any atom is -0.496 e. The highest BCUT2D eigenvalue weighted by atomic mass is 16.5. The second-order valence-corrected chi connectivity index (χ2v) is 7.54. The summed E-state index contributed by atoms with van der Waals surface area (Å²) in [5, 5.41) is 3.18. The van der Waals surface area contributed by atoms with Crippen LogP contribution in [-0.4, -0.2) is 49.8 Å². The van der Waals surface area contributed by atoms with E-state index in [1.165, 1.54) is 7.11 Å². The Balaban J connectivity index is 1.49. The lowest BCUT2D eigenvalue weighted by atomic mass is 10.0. The first-order chi connectivity index (χ1) is 15.1. The zero-order chi connectivity index (χ0) is 21.8. The van der Waals surface area contributed by atoms with E-state index in [4.69, 9.17) is 18.6 Å². The lowest BCUT2D eigenvalue weighted by Gasteiger charge is -2.22. The van der Waals surface area contributed by atoms with Gasteiger partial charge in [-0.15, -0.1) is 0 Å². The Morgan fingerprint density at radius 1 is 1.32 bits per heavy atom. The molecule has 8 heteroatoms. The number of methoxy groups -OCH3 is 2. The number of likely N-dealkylation sites (tertiary alicyclic amines) is 1. The molecule has 1 unspecified atom stereocenters. The minimum absolute atomic E-state index is 0.0396. The molecule has 2 aliphatic rings. The van der Waals surface area contributed by atoms with Crippen LogP contribution in [0.25, 0.3) is 5.57 Å². The van der Waals surface area contributed by atoms with E-state index in [0.29, 0.717) is 24.9 Å². The maximum Gasteiger partial charge on any atom is 0.299 e. The van der Waals surface area contributed by atoms with Crippen LogP contribution in [0.1, 0.15) is 37.1 Å². The number of carbonyl (C=O) groups is 1. The number of nitrogens with one attached hydrogen (secondary N) is 1. The molecule has 1 aromatic carbocycles. The highest BCUT2D eigenvalue weighted by Crippen LogP contribution is 2.35. The van der Waals surface area contributed by atoms with Gasteiger partial charge in [0, 0.05) is 36.5 Å². The number of anilines is 2. The molecule has 1 amide bonds. The van der Waals surface area contributed by atoms with E-state index in [9.17, 15) is 4.79 Å². The monoisotopic (exact) mass is 425 g/mol. The van der Waals surface area contributed by atoms with Crippen molar-refractivity contribution in [2.75, 3.05) is 39.3 Å². The first-order valence-electron chi connectivity index (χ1n) is 10.3. The van der Waals surface area contributed by atoms with Crippen molar-refractivity contribution >= 4 is 23.2 Å². The number of allylic oxidation sites excluding steroid dienone is 3. The van der Waals surface area contributed by atoms with Crippen LogP contribution in [-0.2, 0) is 14.3 Å². The molecule has 1 fully saturated rings. The normalized spacial score (nSPS) is 18.3. The molecule has 0 saturated carbocycles. The summed E-state index contributed by atoms with van der Waals surface area (Å²) >= 11 is 0. The fraction of sp³-hybridized carbons (Fsp3) is 0.391. The molecule has 4 rings (SSSR count). The molecule has 1 atom stereocenters. The number of nitrogens with zero attached hydrogens (tertiary/aromatic N) is 2. The molecule has 1 aromatic heterocycles. The van der Waals surface area contributed by atoms with Crippen molar-refractivity contribution < 1.29 is 23.4 Å². The van der Waals surface area contributed by atoms with Crippen molar-refractivity contribution in [1.29, 1.82) is 0 Å². The summed E-state index contributed by atoms with van der Waals surface area (Å²) in [6.07, 6.45) is 7.44. The highest BCUT2D eigenvalue weighted by molar-refractivity contribution is 5.78. The van der Waals surface area contributed by atoms with Crippen molar-refractivity contribution in [3.8, 4) is 5.75 Å². The molecule has 0 spiro atoms. The smallest absolute Gasteiger partial charge is 0.299 e. The standard InChI is InChI=1S/C23H27N3O5/c1-15-6-7-16(13-30-15)18-9-8-17(11-20(18)29-3)25-23-24-12-21(31-23)19-5-4-10-26(19)22(27)14-28-2/h6-9,11-12,19H,4-5,10,13-14H2,1-3H3,(H,24,25). The number of carbonyl (C=O) groups excluding carboxylic acids is 1. The van der Waals surface area contributed by atoms with Gasteiger partial charge < -0.3 is 28.8 Å². The third kappa shape index (κ3) is 4.59. The Kier molecular flexibility index (Phi) is 6.27. The largest absolute Gasteiger partial charge is 0.496 e. The predicted octanol–water partition coefficient (Wildman–Crippen LogP) is 4.05. The molecule has 1 N–H and O–H groups in total. The van der Waals surface area contributed by atoms with Gasteiger partial charge >= 0.3 is 0 Å². The topological polar surface area (TPSA) is 86.1 Å². The van der Waals surface area contributed by atoms with Crippen LogP contribution in [0.5, 0.6) is 5.75 Å². The van der Waals surface area contributed by atoms with Gasteiger partial charge in [0.15, 0.2) is 0 Å². The Morgan fingerprint density at radius 3 is 2.94 bits per heavy atom. The second kappa shape index (κ2) is 9.26. The second-order valence-electron chi connectivity index (χ2n) is 7.54. The molecule has 3 heterocycles. The first-order valence-corrected chi connectivity index (χ1v) is 10.3. The number of ether oxygens (including phenoxy) is 3. The Bertz CT molecular complexity index is 1010. The molecule has 0 aliphatic carbocycles. The Hall–Kier alpha value is -3.26. The van der Waals surface area contributed by atoms with Gasteiger partial charge in [0.2, 0.25) is 5.91 Å². The highest BCUT2D eigenvalue weighted by Gasteiger charge is 2.32. The van der Waals surface area contributed by atoms with Gasteiger partial charge in [-0.05, 0) is 38.0 Å². The van der Waals surface area contributed by atoms with Gasteiger partial charge in [-0.2, -0.15) is 0 Å². The SMILES string of the molecule is COCC(=O)N1CCCC1c1cnc(Nc2ccc(C3=CC=C(C)OC3)c(OC)c2)o1. The summed E-state index contributed by atoms with van der Waals surface area (Å²) in [5.74, 6) is 2.25. The fourth-order valence-electron chi connectivity index (χ4n) is 3.90. The van der Waals surface area contributed by atoms with Crippen LogP contribution in [0.2, 0.25) is 0 Å². The van der Waals surface area contributed by atoms with Crippen molar-refractivity contribution in [3.63, 3.8) is 0 Å². The van der Waals surface area contributed by atoms with E-state index < -0.39 is 0 Å². The van der Waals surface area contributed by atoms with Crippen LogP contribution < -0.4 is 10.1 Å². The van der Waals surface area contributed by atoms with Crippen LogP contribution >= 0.6 is 0 Å². The lowest BCUT2D eigenvalue weighted by molar-refractivity contribution is -0.136. The van der Waals surface area contributed by atoms with Gasteiger partial charge in [-0.25, -0.2) is 4.98 Å². The lowest BCUT2D eigenvalue weighted by Crippen LogP contribution is -2.33. The Labute approximate surface area is 181 Å². The Morgan fingerprint density at radius 2 is 2.19 bits per heavy atom. The third-order valence-corrected chi connectivity index (χ3v) is 5.47. The van der Waals surface area contributed by atoms with Crippen molar-refractivity contribution in [1.82, 2.24) is 9.88 Å². The maximum absolute atomic E-state index is 12.3. The first kappa shape index (κ1) is 21.0. The summed E-state index contributed by atoms with van der Waals surface area (Å²) < 4.78 is 22.1. The van der Waals surface area contributed by atoms with Gasteiger partial charge in [0.05, 0.1) is 25.1 Å². The van der Waals surface area contributed by atoms with Crippen molar-refractivity contribution in [2.45, 2.75) is 25.8 Å². The zero-order valence-electron chi connectivity index (χ0n) is 18.0. The summed E-state index contributed by atoms with van der Waals surface area (Å²) in [7, 11) is 3.16.